The van der Waals surface area contributed by atoms with Crippen molar-refractivity contribution >= 4 is 0 Å². The fraction of sp³-hybridized carbons (Fsp3) is 0.455. The maximum absolute atomic E-state index is 8.83. The molecule has 0 amide bonds. The van der Waals surface area contributed by atoms with Gasteiger partial charge in [-0.3, -0.25) is 0 Å². The Hall–Kier alpha value is -0.860. The minimum atomic E-state index is 0.0225. The van der Waals surface area contributed by atoms with Gasteiger partial charge in [0.05, 0.1) is 6.61 Å². The molecule has 0 bridgehead atoms. The average Bonchev–Trinajstić information content (AvgIpc) is 2.17. The second-order valence-corrected chi connectivity index (χ2v) is 3.03. The summed E-state index contributed by atoms with van der Waals surface area (Å²) in [5.41, 5.74) is 7.73. The van der Waals surface area contributed by atoms with Crippen LogP contribution >= 0.6 is 0 Å². The number of hydrogen-bond donors (Lipinski definition) is 2. The van der Waals surface area contributed by atoms with E-state index in [9.17, 15) is 0 Å². The molecule has 2 nitrogen and oxygen atoms in total. The lowest BCUT2D eigenvalue weighted by atomic mass is 10.1. The highest BCUT2D eigenvalue weighted by Gasteiger charge is 1.98. The van der Waals surface area contributed by atoms with E-state index in [0.29, 0.717) is 0 Å². The van der Waals surface area contributed by atoms with Gasteiger partial charge in [-0.15, -0.1) is 0 Å². The van der Waals surface area contributed by atoms with Crippen LogP contribution in [-0.2, 0) is 0 Å². The highest BCUT2D eigenvalue weighted by molar-refractivity contribution is 5.25. The topological polar surface area (TPSA) is 46.2 Å². The van der Waals surface area contributed by atoms with E-state index in [1.807, 2.05) is 26.0 Å². The van der Waals surface area contributed by atoms with E-state index in [-0.39, 0.29) is 12.6 Å². The first-order chi connectivity index (χ1) is 6.15. The average molecular weight is 181 g/mol. The number of hydrogen-bond acceptors (Lipinski definition) is 2. The zero-order chi connectivity index (χ0) is 10.3. The van der Waals surface area contributed by atoms with E-state index in [1.54, 1.807) is 6.08 Å². The van der Waals surface area contributed by atoms with E-state index in [2.05, 4.69) is 6.58 Å². The van der Waals surface area contributed by atoms with Gasteiger partial charge in [0.1, 0.15) is 0 Å². The second kappa shape index (κ2) is 6.63. The van der Waals surface area contributed by atoms with Gasteiger partial charge in [0, 0.05) is 6.04 Å². The van der Waals surface area contributed by atoms with Crippen LogP contribution in [0.5, 0.6) is 0 Å². The van der Waals surface area contributed by atoms with Crippen LogP contribution in [0.4, 0.5) is 0 Å². The molecule has 3 N–H and O–H groups in total. The fourth-order valence-corrected chi connectivity index (χ4v) is 0.869. The van der Waals surface area contributed by atoms with E-state index >= 15 is 0 Å². The maximum Gasteiger partial charge on any atom is 0.0681 e. The van der Waals surface area contributed by atoms with Crippen LogP contribution in [0.15, 0.2) is 36.0 Å². The first-order valence-corrected chi connectivity index (χ1v) is 4.51. The lowest BCUT2D eigenvalue weighted by Crippen LogP contribution is -2.19. The summed E-state index contributed by atoms with van der Waals surface area (Å²) in [4.78, 5) is 0. The summed E-state index contributed by atoms with van der Waals surface area (Å²) < 4.78 is 0. The first-order valence-electron chi connectivity index (χ1n) is 4.51. The summed E-state index contributed by atoms with van der Waals surface area (Å²) in [6.07, 6.45) is 6.35. The predicted octanol–water partition coefficient (Wildman–Crippen LogP) is 1.77. The molecule has 2 heteroatoms. The molecule has 13 heavy (non-hydrogen) atoms. The van der Waals surface area contributed by atoms with Crippen molar-refractivity contribution in [3.05, 3.63) is 36.0 Å². The summed E-state index contributed by atoms with van der Waals surface area (Å²) in [6.45, 7) is 7.65. The lowest BCUT2D eigenvalue weighted by molar-refractivity contribution is 0.335. The SMILES string of the molecule is C=C/C(=C\C=C(/C)C(N)CC)CO. The van der Waals surface area contributed by atoms with Gasteiger partial charge < -0.3 is 10.8 Å². The second-order valence-electron chi connectivity index (χ2n) is 3.03. The summed E-state index contributed by atoms with van der Waals surface area (Å²) >= 11 is 0. The standard InChI is InChI=1S/C11H19NO/c1-4-10(8-13)7-6-9(3)11(12)5-2/h4,6-7,11,13H,1,5,8,12H2,2-3H3/b9-6+,10-7+. The van der Waals surface area contributed by atoms with Crippen molar-refractivity contribution in [1.29, 1.82) is 0 Å². The molecule has 0 radical (unpaired) electrons. The van der Waals surface area contributed by atoms with Crippen molar-refractivity contribution in [3.8, 4) is 0 Å². The van der Waals surface area contributed by atoms with Crippen LogP contribution in [0, 0.1) is 0 Å². The third-order valence-electron chi connectivity index (χ3n) is 2.03. The molecule has 1 unspecified atom stereocenters. The van der Waals surface area contributed by atoms with Gasteiger partial charge >= 0.3 is 0 Å². The van der Waals surface area contributed by atoms with Crippen LogP contribution in [0.2, 0.25) is 0 Å². The summed E-state index contributed by atoms with van der Waals surface area (Å²) in [5, 5.41) is 8.83. The van der Waals surface area contributed by atoms with Crippen molar-refractivity contribution in [3.63, 3.8) is 0 Å². The highest BCUT2D eigenvalue weighted by Crippen LogP contribution is 2.04. The van der Waals surface area contributed by atoms with Crippen molar-refractivity contribution < 1.29 is 5.11 Å². The van der Waals surface area contributed by atoms with Gasteiger partial charge in [-0.1, -0.05) is 37.3 Å². The maximum atomic E-state index is 8.83. The Morgan fingerprint density at radius 3 is 2.54 bits per heavy atom. The van der Waals surface area contributed by atoms with E-state index in [1.165, 1.54) is 0 Å². The number of aliphatic hydroxyl groups excluding tert-OH is 1. The minimum absolute atomic E-state index is 0.0225. The molecule has 0 aromatic carbocycles. The Labute approximate surface area is 80.5 Å². The van der Waals surface area contributed by atoms with Gasteiger partial charge in [0.2, 0.25) is 0 Å². The molecule has 0 heterocycles. The zero-order valence-electron chi connectivity index (χ0n) is 8.46. The molecule has 0 rings (SSSR count). The molecule has 1 atom stereocenters. The van der Waals surface area contributed by atoms with E-state index < -0.39 is 0 Å². The molecule has 0 fully saturated rings. The van der Waals surface area contributed by atoms with Crippen molar-refractivity contribution in [1.82, 2.24) is 0 Å². The Morgan fingerprint density at radius 1 is 1.54 bits per heavy atom. The van der Waals surface area contributed by atoms with Crippen molar-refractivity contribution in [2.75, 3.05) is 6.61 Å². The summed E-state index contributed by atoms with van der Waals surface area (Å²) in [6, 6.07) is 0.112. The number of nitrogens with two attached hydrogens (primary N) is 1. The number of allylic oxidation sites excluding steroid dienone is 2. The molecule has 0 aromatic heterocycles. The first kappa shape index (κ1) is 12.1. The molecule has 0 aliphatic carbocycles. The Morgan fingerprint density at radius 2 is 2.15 bits per heavy atom. The number of rotatable bonds is 5. The lowest BCUT2D eigenvalue weighted by Gasteiger charge is -2.07. The molecule has 0 aliphatic heterocycles. The van der Waals surface area contributed by atoms with E-state index in [4.69, 9.17) is 10.8 Å². The van der Waals surface area contributed by atoms with Gasteiger partial charge in [-0.05, 0) is 18.9 Å². The quantitative estimate of drug-likeness (QED) is 0.635. The normalized spacial score (nSPS) is 15.7. The van der Waals surface area contributed by atoms with Crippen LogP contribution in [0.25, 0.3) is 0 Å². The minimum Gasteiger partial charge on any atom is -0.392 e. The van der Waals surface area contributed by atoms with Crippen molar-refractivity contribution in [2.24, 2.45) is 5.73 Å². The molecular weight excluding hydrogens is 162 g/mol. The largest absolute Gasteiger partial charge is 0.392 e. The smallest absolute Gasteiger partial charge is 0.0681 e. The van der Waals surface area contributed by atoms with Crippen LogP contribution in [0.1, 0.15) is 20.3 Å². The van der Waals surface area contributed by atoms with Gasteiger partial charge in [0.15, 0.2) is 0 Å². The molecule has 0 spiro atoms. The summed E-state index contributed by atoms with van der Waals surface area (Å²) in [5.74, 6) is 0. The van der Waals surface area contributed by atoms with E-state index in [0.717, 1.165) is 17.6 Å². The molecule has 74 valence electrons. The van der Waals surface area contributed by atoms with Crippen molar-refractivity contribution in [2.45, 2.75) is 26.3 Å². The molecule has 0 aliphatic rings. The van der Waals surface area contributed by atoms with Gasteiger partial charge in [0.25, 0.3) is 0 Å². The Kier molecular flexibility index (Phi) is 6.20. The zero-order valence-corrected chi connectivity index (χ0v) is 8.46. The molecule has 0 aromatic rings. The Balaban J connectivity index is 4.38. The third kappa shape index (κ3) is 4.65. The highest BCUT2D eigenvalue weighted by atomic mass is 16.3. The van der Waals surface area contributed by atoms with Gasteiger partial charge in [-0.25, -0.2) is 0 Å². The summed E-state index contributed by atoms with van der Waals surface area (Å²) in [7, 11) is 0. The van der Waals surface area contributed by atoms with Gasteiger partial charge in [-0.2, -0.15) is 0 Å². The van der Waals surface area contributed by atoms with Crippen LogP contribution in [-0.4, -0.2) is 17.8 Å². The van der Waals surface area contributed by atoms with Crippen LogP contribution < -0.4 is 5.73 Å². The fourth-order valence-electron chi connectivity index (χ4n) is 0.869. The molecular formula is C11H19NO. The monoisotopic (exact) mass is 181 g/mol. The Bertz CT molecular complexity index is 216. The molecule has 0 saturated heterocycles. The number of aliphatic hydroxyl groups is 1. The van der Waals surface area contributed by atoms with Crippen LogP contribution in [0.3, 0.4) is 0 Å². The predicted molar refractivity (Wildman–Crippen MR) is 57.4 cm³/mol. The third-order valence-corrected chi connectivity index (χ3v) is 2.03. The molecule has 0 saturated carbocycles.